The van der Waals surface area contributed by atoms with Crippen LogP contribution < -0.4 is 0 Å². The molecule has 1 saturated heterocycles. The van der Waals surface area contributed by atoms with Crippen molar-refractivity contribution in [2.45, 2.75) is 44.7 Å². The maximum atomic E-state index is 13.4. The summed E-state index contributed by atoms with van der Waals surface area (Å²) in [5, 5.41) is 9.45. The zero-order valence-electron chi connectivity index (χ0n) is 9.91. The van der Waals surface area contributed by atoms with Gasteiger partial charge in [0.25, 0.3) is 0 Å². The quantitative estimate of drug-likeness (QED) is 0.748. The molecule has 0 aromatic rings. The number of rotatable bonds is 4. The molecule has 1 N–H and O–H groups in total. The van der Waals surface area contributed by atoms with Crippen molar-refractivity contribution in [3.05, 3.63) is 0 Å². The molecule has 0 saturated carbocycles. The van der Waals surface area contributed by atoms with Gasteiger partial charge in [-0.1, -0.05) is 0 Å². The van der Waals surface area contributed by atoms with Crippen LogP contribution in [0.3, 0.4) is 0 Å². The average Bonchev–Trinajstić information content (AvgIpc) is 2.58. The Bertz CT molecular complexity index is 292. The second kappa shape index (κ2) is 4.83. The van der Waals surface area contributed by atoms with Crippen LogP contribution in [-0.2, 0) is 19.0 Å². The molecule has 100 valence electrons. The van der Waals surface area contributed by atoms with Gasteiger partial charge in [-0.2, -0.15) is 8.78 Å². The predicted molar refractivity (Wildman–Crippen MR) is 52.5 cm³/mol. The van der Waals surface area contributed by atoms with Crippen LogP contribution in [0.1, 0.15) is 20.8 Å². The highest BCUT2D eigenvalue weighted by atomic mass is 19.3. The molecule has 17 heavy (non-hydrogen) atoms. The monoisotopic (exact) mass is 254 g/mol. The zero-order valence-corrected chi connectivity index (χ0v) is 9.91. The summed E-state index contributed by atoms with van der Waals surface area (Å²) in [7, 11) is 0. The van der Waals surface area contributed by atoms with Gasteiger partial charge >= 0.3 is 11.9 Å². The Morgan fingerprint density at radius 2 is 2.24 bits per heavy atom. The molecule has 7 heteroatoms. The first-order valence-electron chi connectivity index (χ1n) is 5.25. The highest BCUT2D eigenvalue weighted by Gasteiger charge is 2.54. The Labute approximate surface area is 97.6 Å². The van der Waals surface area contributed by atoms with Crippen LogP contribution in [0.5, 0.6) is 0 Å². The molecule has 0 aromatic carbocycles. The van der Waals surface area contributed by atoms with E-state index in [1.165, 1.54) is 20.8 Å². The second-order valence-corrected chi connectivity index (χ2v) is 4.16. The van der Waals surface area contributed by atoms with Crippen LogP contribution in [0, 0.1) is 0 Å². The fourth-order valence-electron chi connectivity index (χ4n) is 1.45. The van der Waals surface area contributed by atoms with Crippen molar-refractivity contribution in [3.63, 3.8) is 0 Å². The maximum absolute atomic E-state index is 13.4. The molecule has 0 unspecified atom stereocenters. The second-order valence-electron chi connectivity index (χ2n) is 4.16. The molecule has 1 fully saturated rings. The van der Waals surface area contributed by atoms with Crippen molar-refractivity contribution in [3.8, 4) is 0 Å². The van der Waals surface area contributed by atoms with Gasteiger partial charge in [0, 0.05) is 0 Å². The molecule has 1 heterocycles. The Kier molecular flexibility index (Phi) is 4.06. The Hall–Kier alpha value is -0.790. The van der Waals surface area contributed by atoms with Gasteiger partial charge in [0.05, 0.1) is 13.2 Å². The van der Waals surface area contributed by atoms with Gasteiger partial charge in [0.1, 0.15) is 6.10 Å². The fraction of sp³-hybridized carbons (Fsp3) is 0.900. The van der Waals surface area contributed by atoms with E-state index in [1.54, 1.807) is 0 Å². The SMILES string of the molecule is CCOC(=O)C(F)(F)[C@@H](O)[C@@H]1COC(C)(C)O1. The summed E-state index contributed by atoms with van der Waals surface area (Å²) in [6.07, 6.45) is -3.55. The van der Waals surface area contributed by atoms with Gasteiger partial charge in [-0.3, -0.25) is 0 Å². The topological polar surface area (TPSA) is 65.0 Å². The van der Waals surface area contributed by atoms with E-state index in [0.717, 1.165) is 0 Å². The van der Waals surface area contributed by atoms with Crippen LogP contribution in [0.2, 0.25) is 0 Å². The number of aliphatic hydroxyl groups is 1. The van der Waals surface area contributed by atoms with E-state index >= 15 is 0 Å². The van der Waals surface area contributed by atoms with Crippen molar-refractivity contribution in [2.24, 2.45) is 0 Å². The molecule has 0 spiro atoms. The van der Waals surface area contributed by atoms with Crippen molar-refractivity contribution in [1.82, 2.24) is 0 Å². The molecule has 2 atom stereocenters. The highest BCUT2D eigenvalue weighted by molar-refractivity contribution is 5.78. The van der Waals surface area contributed by atoms with Crippen LogP contribution >= 0.6 is 0 Å². The lowest BCUT2D eigenvalue weighted by Crippen LogP contribution is -2.50. The molecule has 1 aliphatic rings. The summed E-state index contributed by atoms with van der Waals surface area (Å²) < 4.78 is 41.2. The van der Waals surface area contributed by atoms with Crippen molar-refractivity contribution in [1.29, 1.82) is 0 Å². The number of halogens is 2. The lowest BCUT2D eigenvalue weighted by Gasteiger charge is -2.25. The molecule has 0 amide bonds. The minimum absolute atomic E-state index is 0.186. The molecular weight excluding hydrogens is 238 g/mol. The van der Waals surface area contributed by atoms with Gasteiger partial charge in [0.15, 0.2) is 11.9 Å². The van der Waals surface area contributed by atoms with E-state index in [0.29, 0.717) is 0 Å². The van der Waals surface area contributed by atoms with Gasteiger partial charge < -0.3 is 19.3 Å². The molecule has 1 aliphatic heterocycles. The van der Waals surface area contributed by atoms with Gasteiger partial charge in [-0.05, 0) is 20.8 Å². The average molecular weight is 254 g/mol. The molecule has 0 bridgehead atoms. The number of ether oxygens (including phenoxy) is 3. The third-order valence-corrected chi connectivity index (χ3v) is 2.30. The highest BCUT2D eigenvalue weighted by Crippen LogP contribution is 2.31. The summed E-state index contributed by atoms with van der Waals surface area (Å²) in [6.45, 7) is 4.07. The lowest BCUT2D eigenvalue weighted by molar-refractivity contribution is -0.210. The largest absolute Gasteiger partial charge is 0.461 e. The summed E-state index contributed by atoms with van der Waals surface area (Å²) in [5.41, 5.74) is 0. The van der Waals surface area contributed by atoms with Crippen LogP contribution in [0.25, 0.3) is 0 Å². The lowest BCUT2D eigenvalue weighted by atomic mass is 10.1. The molecule has 5 nitrogen and oxygen atoms in total. The van der Waals surface area contributed by atoms with Crippen molar-refractivity contribution >= 4 is 5.97 Å². The van der Waals surface area contributed by atoms with Gasteiger partial charge in [-0.15, -0.1) is 0 Å². The number of aliphatic hydroxyl groups excluding tert-OH is 1. The van der Waals surface area contributed by atoms with E-state index in [9.17, 15) is 18.7 Å². The van der Waals surface area contributed by atoms with Crippen molar-refractivity contribution < 1.29 is 32.9 Å². The molecule has 0 radical (unpaired) electrons. The number of hydrogen-bond acceptors (Lipinski definition) is 5. The first-order valence-corrected chi connectivity index (χ1v) is 5.25. The number of alkyl halides is 2. The molecule has 0 aliphatic carbocycles. The third kappa shape index (κ3) is 3.11. The summed E-state index contributed by atoms with van der Waals surface area (Å²) in [4.78, 5) is 11.0. The van der Waals surface area contributed by atoms with E-state index < -0.39 is 29.9 Å². The van der Waals surface area contributed by atoms with Gasteiger partial charge in [-0.25, -0.2) is 4.79 Å². The van der Waals surface area contributed by atoms with Crippen LogP contribution in [0.4, 0.5) is 8.78 Å². The summed E-state index contributed by atoms with van der Waals surface area (Å²) in [5.74, 6) is -6.82. The standard InChI is InChI=1S/C10H16F2O5/c1-4-15-8(14)10(11,12)7(13)6-5-16-9(2,3)17-6/h6-7,13H,4-5H2,1-3H3/t6-,7-/m0/s1. The minimum Gasteiger partial charge on any atom is -0.461 e. The van der Waals surface area contributed by atoms with Crippen LogP contribution in [-0.4, -0.2) is 48.2 Å². The Morgan fingerprint density at radius 3 is 2.65 bits per heavy atom. The van der Waals surface area contributed by atoms with E-state index in [2.05, 4.69) is 4.74 Å². The normalized spacial score (nSPS) is 25.6. The van der Waals surface area contributed by atoms with Gasteiger partial charge in [0.2, 0.25) is 0 Å². The summed E-state index contributed by atoms with van der Waals surface area (Å²) in [6, 6.07) is 0. The molecule has 0 aromatic heterocycles. The summed E-state index contributed by atoms with van der Waals surface area (Å²) >= 11 is 0. The minimum atomic E-state index is -4.01. The Balaban J connectivity index is 2.69. The third-order valence-electron chi connectivity index (χ3n) is 2.30. The van der Waals surface area contributed by atoms with E-state index in [-0.39, 0.29) is 13.2 Å². The number of hydrogen-bond donors (Lipinski definition) is 1. The fourth-order valence-corrected chi connectivity index (χ4v) is 1.45. The van der Waals surface area contributed by atoms with E-state index in [4.69, 9.17) is 9.47 Å². The number of esters is 1. The zero-order chi connectivity index (χ0) is 13.3. The maximum Gasteiger partial charge on any atom is 0.379 e. The molecule has 1 rings (SSSR count). The number of carbonyl (C=O) groups excluding carboxylic acids is 1. The smallest absolute Gasteiger partial charge is 0.379 e. The van der Waals surface area contributed by atoms with Crippen LogP contribution in [0.15, 0.2) is 0 Å². The predicted octanol–water partition coefficient (Wildman–Crippen LogP) is 0.697. The van der Waals surface area contributed by atoms with Crippen molar-refractivity contribution in [2.75, 3.05) is 13.2 Å². The first-order chi connectivity index (χ1) is 7.70. The number of carbonyl (C=O) groups is 1. The van der Waals surface area contributed by atoms with E-state index in [1.807, 2.05) is 0 Å². The molecular formula is C10H16F2O5. The Morgan fingerprint density at radius 1 is 1.65 bits per heavy atom. The first kappa shape index (κ1) is 14.3.